The lowest BCUT2D eigenvalue weighted by Crippen LogP contribution is -2.41. The molecule has 0 atom stereocenters. The van der Waals surface area contributed by atoms with Crippen molar-refractivity contribution in [2.45, 2.75) is 33.9 Å². The summed E-state index contributed by atoms with van der Waals surface area (Å²) in [5.74, 6) is -0.300. The Kier molecular flexibility index (Phi) is 5.11. The van der Waals surface area contributed by atoms with E-state index in [0.717, 1.165) is 11.1 Å². The van der Waals surface area contributed by atoms with Crippen LogP contribution in [0.5, 0.6) is 0 Å². The molecule has 0 saturated heterocycles. The Balaban J connectivity index is 2.00. The van der Waals surface area contributed by atoms with Crippen molar-refractivity contribution in [3.8, 4) is 5.69 Å². The minimum Gasteiger partial charge on any atom is -0.320 e. The molecule has 0 unspecified atom stereocenters. The largest absolute Gasteiger partial charge is 0.337 e. The van der Waals surface area contributed by atoms with E-state index in [-0.39, 0.29) is 23.7 Å². The molecule has 0 aliphatic heterocycles. The van der Waals surface area contributed by atoms with Crippen LogP contribution < -0.4 is 11.2 Å². The SMILES string of the molecule is Cc1ccccc1Cn1cnc2c1c(=O)n(CC(C)C)c(=O)n2-c1ccc(F)cc1. The first-order chi connectivity index (χ1) is 14.4. The highest BCUT2D eigenvalue weighted by molar-refractivity contribution is 5.72. The van der Waals surface area contributed by atoms with Crippen LogP contribution in [-0.2, 0) is 13.1 Å². The van der Waals surface area contributed by atoms with E-state index >= 15 is 0 Å². The maximum absolute atomic E-state index is 13.5. The molecule has 0 spiro atoms. The molecule has 0 aliphatic carbocycles. The molecule has 0 aliphatic rings. The summed E-state index contributed by atoms with van der Waals surface area (Å²) in [6.45, 7) is 6.65. The van der Waals surface area contributed by atoms with E-state index < -0.39 is 11.5 Å². The molecule has 0 saturated carbocycles. The van der Waals surface area contributed by atoms with Gasteiger partial charge in [0.2, 0.25) is 0 Å². The molecule has 7 heteroatoms. The van der Waals surface area contributed by atoms with Crippen LogP contribution in [0.25, 0.3) is 16.9 Å². The first kappa shape index (κ1) is 19.8. The minimum atomic E-state index is -0.478. The Bertz CT molecular complexity index is 1330. The average molecular weight is 406 g/mol. The second kappa shape index (κ2) is 7.74. The normalized spacial score (nSPS) is 11.5. The number of rotatable bonds is 5. The molecule has 2 aromatic heterocycles. The van der Waals surface area contributed by atoms with Gasteiger partial charge in [0.25, 0.3) is 5.56 Å². The van der Waals surface area contributed by atoms with Crippen LogP contribution in [0.15, 0.2) is 64.4 Å². The van der Waals surface area contributed by atoms with Gasteiger partial charge in [-0.3, -0.25) is 9.36 Å². The number of benzene rings is 2. The number of hydrogen-bond acceptors (Lipinski definition) is 3. The van der Waals surface area contributed by atoms with E-state index in [1.54, 1.807) is 10.9 Å². The zero-order chi connectivity index (χ0) is 21.4. The summed E-state index contributed by atoms with van der Waals surface area (Å²) in [5.41, 5.74) is 2.40. The van der Waals surface area contributed by atoms with Crippen LogP contribution in [0, 0.1) is 18.7 Å². The molecule has 0 amide bonds. The molecule has 0 fully saturated rings. The van der Waals surface area contributed by atoms with Crippen molar-refractivity contribution in [3.05, 3.63) is 92.6 Å². The fourth-order valence-electron chi connectivity index (χ4n) is 3.62. The Morgan fingerprint density at radius 3 is 2.40 bits per heavy atom. The lowest BCUT2D eigenvalue weighted by atomic mass is 10.1. The van der Waals surface area contributed by atoms with E-state index in [2.05, 4.69) is 4.98 Å². The highest BCUT2D eigenvalue weighted by Crippen LogP contribution is 2.16. The van der Waals surface area contributed by atoms with E-state index in [9.17, 15) is 14.0 Å². The second-order valence-corrected chi connectivity index (χ2v) is 7.88. The number of fused-ring (bicyclic) bond motifs is 1. The van der Waals surface area contributed by atoms with Gasteiger partial charge in [0, 0.05) is 13.1 Å². The van der Waals surface area contributed by atoms with Gasteiger partial charge in [-0.15, -0.1) is 0 Å². The Hall–Kier alpha value is -3.48. The van der Waals surface area contributed by atoms with Crippen molar-refractivity contribution >= 4 is 11.2 Å². The maximum Gasteiger partial charge on any atom is 0.337 e. The van der Waals surface area contributed by atoms with Gasteiger partial charge >= 0.3 is 5.69 Å². The molecule has 0 radical (unpaired) electrons. The molecule has 4 rings (SSSR count). The molecular weight excluding hydrogens is 383 g/mol. The summed E-state index contributed by atoms with van der Waals surface area (Å²) in [6.07, 6.45) is 1.58. The van der Waals surface area contributed by atoms with Crippen LogP contribution in [0.4, 0.5) is 4.39 Å². The summed E-state index contributed by atoms with van der Waals surface area (Å²) < 4.78 is 17.9. The van der Waals surface area contributed by atoms with Crippen LogP contribution in [0.3, 0.4) is 0 Å². The monoisotopic (exact) mass is 406 g/mol. The fourth-order valence-corrected chi connectivity index (χ4v) is 3.62. The van der Waals surface area contributed by atoms with Crippen molar-refractivity contribution in [3.63, 3.8) is 0 Å². The summed E-state index contributed by atoms with van der Waals surface area (Å²) in [6, 6.07) is 13.5. The molecule has 2 aromatic carbocycles. The number of halogens is 1. The third kappa shape index (κ3) is 3.47. The molecular formula is C23H23FN4O2. The molecule has 0 N–H and O–H groups in total. The van der Waals surface area contributed by atoms with E-state index in [4.69, 9.17) is 0 Å². The quantitative estimate of drug-likeness (QED) is 0.510. The van der Waals surface area contributed by atoms with Crippen LogP contribution in [-0.4, -0.2) is 18.7 Å². The zero-order valence-corrected chi connectivity index (χ0v) is 17.2. The van der Waals surface area contributed by atoms with Crippen molar-refractivity contribution < 1.29 is 4.39 Å². The van der Waals surface area contributed by atoms with Gasteiger partial charge in [-0.05, 0) is 48.2 Å². The van der Waals surface area contributed by atoms with Gasteiger partial charge in [0.15, 0.2) is 11.2 Å². The fraction of sp³-hybridized carbons (Fsp3) is 0.261. The number of nitrogens with zero attached hydrogens (tertiary/aromatic N) is 4. The summed E-state index contributed by atoms with van der Waals surface area (Å²) >= 11 is 0. The third-order valence-electron chi connectivity index (χ3n) is 5.13. The minimum absolute atomic E-state index is 0.0993. The van der Waals surface area contributed by atoms with Gasteiger partial charge in [-0.1, -0.05) is 38.1 Å². The molecule has 2 heterocycles. The Labute approximate surface area is 172 Å². The number of hydrogen-bond donors (Lipinski definition) is 0. The summed E-state index contributed by atoms with van der Waals surface area (Å²) in [7, 11) is 0. The molecule has 0 bridgehead atoms. The smallest absolute Gasteiger partial charge is 0.320 e. The molecule has 154 valence electrons. The highest BCUT2D eigenvalue weighted by atomic mass is 19.1. The molecule has 30 heavy (non-hydrogen) atoms. The van der Waals surface area contributed by atoms with Crippen molar-refractivity contribution in [2.75, 3.05) is 0 Å². The van der Waals surface area contributed by atoms with Gasteiger partial charge in [0.05, 0.1) is 12.0 Å². The van der Waals surface area contributed by atoms with E-state index in [1.165, 1.54) is 33.4 Å². The predicted octanol–water partition coefficient (Wildman–Crippen LogP) is 3.50. The standard InChI is InChI=1S/C23H23FN4O2/c1-15(2)12-27-22(29)20-21(28(23(27)30)19-10-8-18(24)9-11-19)25-14-26(20)13-17-7-5-4-6-16(17)3/h4-11,14-15H,12-13H2,1-3H3. The number of aryl methyl sites for hydroxylation is 1. The van der Waals surface area contributed by atoms with Gasteiger partial charge in [-0.2, -0.15) is 0 Å². The van der Waals surface area contributed by atoms with Crippen LogP contribution in [0.2, 0.25) is 0 Å². The number of imidazole rings is 1. The summed E-state index contributed by atoms with van der Waals surface area (Å²) in [4.78, 5) is 30.9. The zero-order valence-electron chi connectivity index (χ0n) is 17.2. The van der Waals surface area contributed by atoms with Crippen molar-refractivity contribution in [1.29, 1.82) is 0 Å². The maximum atomic E-state index is 13.5. The lowest BCUT2D eigenvalue weighted by Gasteiger charge is -2.14. The third-order valence-corrected chi connectivity index (χ3v) is 5.13. The van der Waals surface area contributed by atoms with E-state index in [1.807, 2.05) is 45.0 Å². The number of aromatic nitrogens is 4. The topological polar surface area (TPSA) is 61.8 Å². The Morgan fingerprint density at radius 1 is 1.03 bits per heavy atom. The van der Waals surface area contributed by atoms with Crippen LogP contribution >= 0.6 is 0 Å². The van der Waals surface area contributed by atoms with Gasteiger partial charge in [0.1, 0.15) is 5.82 Å². The highest BCUT2D eigenvalue weighted by Gasteiger charge is 2.20. The first-order valence-electron chi connectivity index (χ1n) is 9.88. The van der Waals surface area contributed by atoms with Gasteiger partial charge in [-0.25, -0.2) is 18.7 Å². The second-order valence-electron chi connectivity index (χ2n) is 7.88. The molecule has 4 aromatic rings. The summed E-state index contributed by atoms with van der Waals surface area (Å²) in [5, 5.41) is 0. The molecule has 6 nitrogen and oxygen atoms in total. The van der Waals surface area contributed by atoms with Gasteiger partial charge < -0.3 is 4.57 Å². The first-order valence-corrected chi connectivity index (χ1v) is 9.88. The lowest BCUT2D eigenvalue weighted by molar-refractivity contribution is 0.489. The van der Waals surface area contributed by atoms with Crippen molar-refractivity contribution in [2.24, 2.45) is 5.92 Å². The van der Waals surface area contributed by atoms with Crippen LogP contribution in [0.1, 0.15) is 25.0 Å². The predicted molar refractivity (Wildman–Crippen MR) is 115 cm³/mol. The van der Waals surface area contributed by atoms with Crippen molar-refractivity contribution in [1.82, 2.24) is 18.7 Å². The Morgan fingerprint density at radius 2 is 1.73 bits per heavy atom. The average Bonchev–Trinajstić information content (AvgIpc) is 3.12. The van der Waals surface area contributed by atoms with E-state index in [0.29, 0.717) is 17.7 Å².